The van der Waals surface area contributed by atoms with Crippen LogP contribution in [0, 0.1) is 5.92 Å². The normalized spacial score (nSPS) is 23.2. The molecule has 0 unspecified atom stereocenters. The molecule has 0 aliphatic carbocycles. The van der Waals surface area contributed by atoms with Crippen LogP contribution in [0.4, 0.5) is 9.18 Å². The fraction of sp³-hybridized carbons (Fsp3) is 0.882. The molecule has 0 radical (unpaired) electrons. The Balaban J connectivity index is 1.85. The maximum Gasteiger partial charge on any atom is 0.410 e. The Kier molecular flexibility index (Phi) is 6.43. The van der Waals surface area contributed by atoms with Crippen molar-refractivity contribution in [3.8, 4) is 0 Å². The van der Waals surface area contributed by atoms with Gasteiger partial charge in [0, 0.05) is 45.8 Å². The Bertz CT molecular complexity index is 445. The van der Waals surface area contributed by atoms with E-state index in [1.54, 1.807) is 4.90 Å². The predicted octanol–water partition coefficient (Wildman–Crippen LogP) is 1.75. The average molecular weight is 343 g/mol. The van der Waals surface area contributed by atoms with E-state index < -0.39 is 5.60 Å². The number of carbonyl (C=O) groups is 2. The number of likely N-dealkylation sites (tertiary alicyclic amines) is 1. The molecule has 1 atom stereocenters. The third-order valence-electron chi connectivity index (χ3n) is 4.51. The summed E-state index contributed by atoms with van der Waals surface area (Å²) in [5, 5.41) is 0. The van der Waals surface area contributed by atoms with Crippen molar-refractivity contribution in [2.75, 3.05) is 52.5 Å². The van der Waals surface area contributed by atoms with E-state index in [-0.39, 0.29) is 24.6 Å². The molecule has 0 aromatic heterocycles. The Labute approximate surface area is 143 Å². The van der Waals surface area contributed by atoms with Gasteiger partial charge in [0.2, 0.25) is 5.91 Å². The Morgan fingerprint density at radius 3 is 2.33 bits per heavy atom. The first-order chi connectivity index (χ1) is 11.3. The smallest absolute Gasteiger partial charge is 0.410 e. The highest BCUT2D eigenvalue weighted by Gasteiger charge is 2.34. The molecule has 0 aromatic carbocycles. The van der Waals surface area contributed by atoms with E-state index in [1.807, 2.05) is 30.6 Å². The molecule has 0 N–H and O–H groups in total. The van der Waals surface area contributed by atoms with Gasteiger partial charge in [-0.1, -0.05) is 0 Å². The van der Waals surface area contributed by atoms with Gasteiger partial charge in [-0.3, -0.25) is 9.69 Å². The van der Waals surface area contributed by atoms with Crippen molar-refractivity contribution in [3.63, 3.8) is 0 Å². The van der Waals surface area contributed by atoms with Crippen molar-refractivity contribution in [1.29, 1.82) is 0 Å². The second-order valence-corrected chi connectivity index (χ2v) is 7.62. The molecule has 2 aliphatic rings. The summed E-state index contributed by atoms with van der Waals surface area (Å²) in [6.07, 6.45) is 1.29. The number of piperazine rings is 1. The lowest BCUT2D eigenvalue weighted by Gasteiger charge is -2.39. The fourth-order valence-electron chi connectivity index (χ4n) is 3.24. The Morgan fingerprint density at radius 2 is 1.75 bits per heavy atom. The third-order valence-corrected chi connectivity index (χ3v) is 4.51. The zero-order chi connectivity index (χ0) is 17.7. The second-order valence-electron chi connectivity index (χ2n) is 7.62. The lowest BCUT2D eigenvalue weighted by molar-refractivity contribution is -0.139. The number of nitrogens with zero attached hydrogens (tertiary/aromatic N) is 3. The van der Waals surface area contributed by atoms with E-state index in [1.165, 1.54) is 0 Å². The molecular formula is C17H30FN3O3. The number of halogens is 1. The highest BCUT2D eigenvalue weighted by atomic mass is 19.1. The summed E-state index contributed by atoms with van der Waals surface area (Å²) in [6.45, 7) is 9.41. The molecule has 2 saturated heterocycles. The number of hydrogen-bond donors (Lipinski definition) is 0. The lowest BCUT2D eigenvalue weighted by atomic mass is 9.96. The van der Waals surface area contributed by atoms with Gasteiger partial charge in [0.1, 0.15) is 12.3 Å². The highest BCUT2D eigenvalue weighted by molar-refractivity contribution is 5.80. The number of carbonyl (C=O) groups excluding carboxylic acids is 2. The van der Waals surface area contributed by atoms with Gasteiger partial charge in [-0.05, 0) is 33.6 Å². The number of hydrogen-bond acceptors (Lipinski definition) is 4. The third kappa shape index (κ3) is 5.33. The molecule has 2 amide bonds. The van der Waals surface area contributed by atoms with Crippen molar-refractivity contribution in [3.05, 3.63) is 0 Å². The molecule has 24 heavy (non-hydrogen) atoms. The summed E-state index contributed by atoms with van der Waals surface area (Å²) in [4.78, 5) is 30.5. The minimum absolute atomic E-state index is 0.114. The molecule has 0 saturated carbocycles. The van der Waals surface area contributed by atoms with Gasteiger partial charge in [0.15, 0.2) is 0 Å². The van der Waals surface area contributed by atoms with Crippen LogP contribution in [0.3, 0.4) is 0 Å². The number of amides is 2. The van der Waals surface area contributed by atoms with Crippen LogP contribution in [0.1, 0.15) is 33.6 Å². The van der Waals surface area contributed by atoms with Crippen LogP contribution in [0.15, 0.2) is 0 Å². The number of alkyl halides is 1. The average Bonchev–Trinajstić information content (AvgIpc) is 2.54. The summed E-state index contributed by atoms with van der Waals surface area (Å²) in [7, 11) is 0. The number of ether oxygens (including phenoxy) is 1. The van der Waals surface area contributed by atoms with Crippen molar-refractivity contribution < 1.29 is 18.7 Å². The predicted molar refractivity (Wildman–Crippen MR) is 89.5 cm³/mol. The summed E-state index contributed by atoms with van der Waals surface area (Å²) >= 11 is 0. The number of piperidine rings is 1. The SMILES string of the molecule is CC(C)(C)OC(=O)N1CCC[C@H](C(=O)N2CCN(CCF)CC2)C1. The Morgan fingerprint density at radius 1 is 1.08 bits per heavy atom. The second kappa shape index (κ2) is 8.14. The van der Waals surface area contributed by atoms with E-state index in [9.17, 15) is 14.0 Å². The van der Waals surface area contributed by atoms with Gasteiger partial charge in [-0.25, -0.2) is 9.18 Å². The fourth-order valence-corrected chi connectivity index (χ4v) is 3.24. The van der Waals surface area contributed by atoms with Crippen molar-refractivity contribution in [1.82, 2.24) is 14.7 Å². The van der Waals surface area contributed by atoms with Gasteiger partial charge >= 0.3 is 6.09 Å². The minimum atomic E-state index is -0.527. The first kappa shape index (κ1) is 19.0. The van der Waals surface area contributed by atoms with Crippen molar-refractivity contribution in [2.24, 2.45) is 5.92 Å². The topological polar surface area (TPSA) is 53.1 Å². The quantitative estimate of drug-likeness (QED) is 0.783. The largest absolute Gasteiger partial charge is 0.444 e. The van der Waals surface area contributed by atoms with Gasteiger partial charge < -0.3 is 14.5 Å². The summed E-state index contributed by atoms with van der Waals surface area (Å²) in [5.41, 5.74) is -0.527. The molecule has 6 nitrogen and oxygen atoms in total. The van der Waals surface area contributed by atoms with Crippen LogP contribution in [-0.2, 0) is 9.53 Å². The lowest BCUT2D eigenvalue weighted by Crippen LogP contribution is -2.53. The van der Waals surface area contributed by atoms with E-state index >= 15 is 0 Å². The van der Waals surface area contributed by atoms with Crippen molar-refractivity contribution in [2.45, 2.75) is 39.2 Å². The van der Waals surface area contributed by atoms with Crippen LogP contribution in [0.5, 0.6) is 0 Å². The van der Waals surface area contributed by atoms with E-state index in [4.69, 9.17) is 4.74 Å². The van der Waals surface area contributed by atoms with Crippen LogP contribution in [0.2, 0.25) is 0 Å². The molecule has 0 aromatic rings. The van der Waals surface area contributed by atoms with Gasteiger partial charge in [-0.15, -0.1) is 0 Å². The van der Waals surface area contributed by atoms with Gasteiger partial charge in [0.25, 0.3) is 0 Å². The van der Waals surface area contributed by atoms with E-state index in [0.717, 1.165) is 25.9 Å². The first-order valence-corrected chi connectivity index (χ1v) is 8.85. The zero-order valence-electron chi connectivity index (χ0n) is 15.1. The summed E-state index contributed by atoms with van der Waals surface area (Å²) in [5.74, 6) is -0.0397. The van der Waals surface area contributed by atoms with Gasteiger partial charge in [-0.2, -0.15) is 0 Å². The standard InChI is InChI=1S/C17H30FN3O3/c1-17(2,3)24-16(23)21-7-4-5-14(13-21)15(22)20-11-9-19(8-6-18)10-12-20/h14H,4-13H2,1-3H3/t14-/m0/s1. The molecule has 7 heteroatoms. The molecule has 0 bridgehead atoms. The first-order valence-electron chi connectivity index (χ1n) is 8.85. The van der Waals surface area contributed by atoms with E-state index in [0.29, 0.717) is 32.7 Å². The minimum Gasteiger partial charge on any atom is -0.444 e. The zero-order valence-corrected chi connectivity index (χ0v) is 15.1. The molecule has 2 aliphatic heterocycles. The van der Waals surface area contributed by atoms with Crippen molar-refractivity contribution >= 4 is 12.0 Å². The molecule has 0 spiro atoms. The van der Waals surface area contributed by atoms with E-state index in [2.05, 4.69) is 0 Å². The van der Waals surface area contributed by atoms with Crippen LogP contribution in [-0.4, -0.2) is 84.8 Å². The van der Waals surface area contributed by atoms with Crippen LogP contribution < -0.4 is 0 Å². The number of rotatable bonds is 3. The monoisotopic (exact) mass is 343 g/mol. The summed E-state index contributed by atoms with van der Waals surface area (Å²) in [6, 6.07) is 0. The molecule has 2 rings (SSSR count). The molecule has 138 valence electrons. The summed E-state index contributed by atoms with van der Waals surface area (Å²) < 4.78 is 17.8. The van der Waals surface area contributed by atoms with Crippen LogP contribution >= 0.6 is 0 Å². The maximum atomic E-state index is 12.7. The molecule has 2 fully saturated rings. The van der Waals surface area contributed by atoms with Gasteiger partial charge in [0.05, 0.1) is 5.92 Å². The maximum absolute atomic E-state index is 12.7. The van der Waals surface area contributed by atoms with Crippen LogP contribution in [0.25, 0.3) is 0 Å². The highest BCUT2D eigenvalue weighted by Crippen LogP contribution is 2.21. The molecular weight excluding hydrogens is 313 g/mol. The molecule has 2 heterocycles. The Hall–Kier alpha value is -1.37.